The first-order valence-corrected chi connectivity index (χ1v) is 4.02. The lowest BCUT2D eigenvalue weighted by molar-refractivity contribution is 0.149. The van der Waals surface area contributed by atoms with E-state index in [4.69, 9.17) is 11.5 Å². The van der Waals surface area contributed by atoms with Gasteiger partial charge in [-0.2, -0.15) is 0 Å². The van der Waals surface area contributed by atoms with Gasteiger partial charge in [0.2, 0.25) is 0 Å². The number of aliphatic hydroxyl groups is 1. The predicted octanol–water partition coefficient (Wildman–Crippen LogP) is 2.05. The summed E-state index contributed by atoms with van der Waals surface area (Å²) in [5.74, 6) is 2.78. The Hall–Kier alpha value is -0.480. The van der Waals surface area contributed by atoms with Crippen LogP contribution in [0.3, 0.4) is 0 Å². The zero-order valence-electron chi connectivity index (χ0n) is 7.89. The Labute approximate surface area is 69.8 Å². The zero-order valence-corrected chi connectivity index (χ0v) is 7.89. The molecule has 0 spiro atoms. The van der Waals surface area contributed by atoms with Crippen molar-refractivity contribution in [2.45, 2.75) is 40.2 Å². The molecule has 0 amide bonds. The first-order valence-electron chi connectivity index (χ1n) is 4.02. The van der Waals surface area contributed by atoms with E-state index in [-0.39, 0.29) is 5.41 Å². The van der Waals surface area contributed by atoms with Crippen LogP contribution in [0.4, 0.5) is 0 Å². The van der Waals surface area contributed by atoms with Gasteiger partial charge in [-0.1, -0.05) is 33.6 Å². The molecule has 0 aromatic heterocycles. The fourth-order valence-electron chi connectivity index (χ4n) is 0.756. The minimum Gasteiger partial charge on any atom is -0.380 e. The number of aliphatic hydroxyl groups excluding tert-OH is 1. The van der Waals surface area contributed by atoms with Gasteiger partial charge in [-0.05, 0) is 17.8 Å². The number of rotatable bonds is 2. The van der Waals surface area contributed by atoms with Crippen LogP contribution in [0.15, 0.2) is 0 Å². The molecule has 1 heteroatoms. The van der Waals surface area contributed by atoms with Crippen LogP contribution in [0.2, 0.25) is 0 Å². The van der Waals surface area contributed by atoms with Crippen molar-refractivity contribution < 1.29 is 5.11 Å². The van der Waals surface area contributed by atoms with E-state index >= 15 is 0 Å². The van der Waals surface area contributed by atoms with Crippen LogP contribution < -0.4 is 0 Å². The van der Waals surface area contributed by atoms with Gasteiger partial charge in [0.05, 0.1) is 0 Å². The highest BCUT2D eigenvalue weighted by Gasteiger charge is 2.21. The molecule has 0 aliphatic rings. The lowest BCUT2D eigenvalue weighted by Gasteiger charge is -2.27. The van der Waals surface area contributed by atoms with Crippen molar-refractivity contribution >= 4 is 0 Å². The number of hydrogen-bond acceptors (Lipinski definition) is 1. The van der Waals surface area contributed by atoms with Gasteiger partial charge < -0.3 is 5.11 Å². The fourth-order valence-corrected chi connectivity index (χ4v) is 0.756. The molecule has 11 heavy (non-hydrogen) atoms. The predicted molar refractivity (Wildman–Crippen MR) is 48.1 cm³/mol. The molecule has 0 bridgehead atoms. The second kappa shape index (κ2) is 3.78. The summed E-state index contributed by atoms with van der Waals surface area (Å²) in [6, 6.07) is 0. The van der Waals surface area contributed by atoms with E-state index in [1.54, 1.807) is 0 Å². The Morgan fingerprint density at radius 1 is 1.45 bits per heavy atom. The molecule has 0 radical (unpaired) electrons. The molecule has 1 nitrogen and oxygen atoms in total. The molecule has 0 aromatic rings. The van der Waals surface area contributed by atoms with Crippen molar-refractivity contribution in [2.75, 3.05) is 0 Å². The van der Waals surface area contributed by atoms with Gasteiger partial charge in [-0.25, -0.2) is 0 Å². The van der Waals surface area contributed by atoms with Crippen molar-refractivity contribution in [3.05, 3.63) is 0 Å². The first-order chi connectivity index (χ1) is 4.88. The van der Waals surface area contributed by atoms with Crippen molar-refractivity contribution in [3.63, 3.8) is 0 Å². The highest BCUT2D eigenvalue weighted by molar-refractivity contribution is 4.94. The van der Waals surface area contributed by atoms with E-state index in [9.17, 15) is 0 Å². The minimum absolute atomic E-state index is 0.234. The summed E-state index contributed by atoms with van der Waals surface area (Å²) in [6.07, 6.45) is 5.18. The van der Waals surface area contributed by atoms with Crippen LogP contribution >= 0.6 is 0 Å². The Morgan fingerprint density at radius 3 is 2.18 bits per heavy atom. The summed E-state index contributed by atoms with van der Waals surface area (Å²) in [5.41, 5.74) is 0.234. The molecule has 0 aliphatic carbocycles. The molecule has 0 heterocycles. The van der Waals surface area contributed by atoms with Gasteiger partial charge >= 0.3 is 0 Å². The molecule has 0 rings (SSSR count). The summed E-state index contributed by atoms with van der Waals surface area (Å²) < 4.78 is 0. The third-order valence-corrected chi connectivity index (χ3v) is 2.25. The monoisotopic (exact) mass is 154 g/mol. The Kier molecular flexibility index (Phi) is 3.62. The van der Waals surface area contributed by atoms with Gasteiger partial charge in [0.15, 0.2) is 0 Å². The van der Waals surface area contributed by atoms with Crippen LogP contribution in [0.1, 0.15) is 34.1 Å². The summed E-state index contributed by atoms with van der Waals surface area (Å²) >= 11 is 0. The topological polar surface area (TPSA) is 20.2 Å². The minimum atomic E-state index is -0.579. The second-order valence-electron chi connectivity index (χ2n) is 4.19. The highest BCUT2D eigenvalue weighted by atomic mass is 16.3. The maximum absolute atomic E-state index is 9.16. The standard InChI is InChI=1S/C10H18O/c1-6-9(11)7-8(2)10(3,4)5/h1,8-9,11H,7H2,2-5H3. The fraction of sp³-hybridized carbons (Fsp3) is 0.800. The van der Waals surface area contributed by atoms with E-state index in [2.05, 4.69) is 33.6 Å². The van der Waals surface area contributed by atoms with Gasteiger partial charge in [0.25, 0.3) is 0 Å². The first kappa shape index (κ1) is 10.5. The van der Waals surface area contributed by atoms with E-state index in [1.165, 1.54) is 0 Å². The second-order valence-corrected chi connectivity index (χ2v) is 4.19. The van der Waals surface area contributed by atoms with Gasteiger partial charge in [-0.15, -0.1) is 6.42 Å². The molecule has 0 aromatic carbocycles. The highest BCUT2D eigenvalue weighted by Crippen LogP contribution is 2.28. The molecular formula is C10H18O. The summed E-state index contributed by atoms with van der Waals surface area (Å²) in [7, 11) is 0. The Balaban J connectivity index is 3.90. The SMILES string of the molecule is C#CC(O)CC(C)C(C)(C)C. The van der Waals surface area contributed by atoms with Crippen LogP contribution in [-0.2, 0) is 0 Å². The lowest BCUT2D eigenvalue weighted by Crippen LogP contribution is -2.21. The molecule has 64 valence electrons. The van der Waals surface area contributed by atoms with E-state index in [1.807, 2.05) is 0 Å². The van der Waals surface area contributed by atoms with Crippen molar-refractivity contribution in [3.8, 4) is 12.3 Å². The van der Waals surface area contributed by atoms with Crippen molar-refractivity contribution in [1.29, 1.82) is 0 Å². The van der Waals surface area contributed by atoms with E-state index in [0.717, 1.165) is 0 Å². The quantitative estimate of drug-likeness (QED) is 0.603. The molecule has 0 saturated heterocycles. The van der Waals surface area contributed by atoms with E-state index < -0.39 is 6.10 Å². The van der Waals surface area contributed by atoms with Crippen LogP contribution in [0.5, 0.6) is 0 Å². The molecule has 0 fully saturated rings. The molecule has 1 N–H and O–H groups in total. The van der Waals surface area contributed by atoms with Crippen LogP contribution in [0, 0.1) is 23.7 Å². The Bertz CT molecular complexity index is 147. The summed E-state index contributed by atoms with van der Waals surface area (Å²) in [6.45, 7) is 8.57. The molecule has 0 saturated carbocycles. The van der Waals surface area contributed by atoms with E-state index in [0.29, 0.717) is 12.3 Å². The Morgan fingerprint density at radius 2 is 1.91 bits per heavy atom. The maximum Gasteiger partial charge on any atom is 0.114 e. The lowest BCUT2D eigenvalue weighted by atomic mass is 9.79. The van der Waals surface area contributed by atoms with Crippen LogP contribution in [-0.4, -0.2) is 11.2 Å². The average molecular weight is 154 g/mol. The zero-order chi connectivity index (χ0) is 9.07. The van der Waals surface area contributed by atoms with Crippen molar-refractivity contribution in [2.24, 2.45) is 11.3 Å². The number of hydrogen-bond donors (Lipinski definition) is 1. The third-order valence-electron chi connectivity index (χ3n) is 2.25. The van der Waals surface area contributed by atoms with Gasteiger partial charge in [0, 0.05) is 0 Å². The maximum atomic E-state index is 9.16. The smallest absolute Gasteiger partial charge is 0.114 e. The molecule has 2 atom stereocenters. The number of terminal acetylenes is 1. The summed E-state index contributed by atoms with van der Waals surface area (Å²) in [5, 5.41) is 9.16. The van der Waals surface area contributed by atoms with Crippen molar-refractivity contribution in [1.82, 2.24) is 0 Å². The van der Waals surface area contributed by atoms with Gasteiger partial charge in [0.1, 0.15) is 6.10 Å². The third kappa shape index (κ3) is 4.06. The normalized spacial score (nSPS) is 17.1. The molecule has 0 aliphatic heterocycles. The summed E-state index contributed by atoms with van der Waals surface area (Å²) in [4.78, 5) is 0. The molecular weight excluding hydrogens is 136 g/mol. The van der Waals surface area contributed by atoms with Gasteiger partial charge in [-0.3, -0.25) is 0 Å². The largest absolute Gasteiger partial charge is 0.380 e. The van der Waals surface area contributed by atoms with Crippen LogP contribution in [0.25, 0.3) is 0 Å². The molecule has 2 unspecified atom stereocenters. The average Bonchev–Trinajstić information content (AvgIpc) is 1.85.